The monoisotopic (exact) mass is 303 g/mol. The van der Waals surface area contributed by atoms with E-state index < -0.39 is 0 Å². The van der Waals surface area contributed by atoms with Crippen LogP contribution in [0.25, 0.3) is 11.0 Å². The molecule has 0 radical (unpaired) electrons. The SMILES string of the molecule is CC(C)=CCN1Cc2cccc3nc(Cl)n(c23)[C@@H](C)[C@H]1C. The lowest BCUT2D eigenvalue weighted by Crippen LogP contribution is -2.36. The van der Waals surface area contributed by atoms with Crippen molar-refractivity contribution in [3.8, 4) is 0 Å². The number of halogens is 1. The molecule has 3 rings (SSSR count). The zero-order valence-electron chi connectivity index (χ0n) is 13.1. The van der Waals surface area contributed by atoms with Crippen LogP contribution in [0.2, 0.25) is 5.28 Å². The molecule has 0 saturated carbocycles. The number of hydrogen-bond donors (Lipinski definition) is 0. The Balaban J connectivity index is 2.10. The van der Waals surface area contributed by atoms with Crippen LogP contribution in [0.4, 0.5) is 0 Å². The zero-order valence-corrected chi connectivity index (χ0v) is 13.9. The van der Waals surface area contributed by atoms with E-state index in [0.717, 1.165) is 18.6 Å². The van der Waals surface area contributed by atoms with E-state index in [1.165, 1.54) is 16.7 Å². The molecule has 0 fully saturated rings. The second-order valence-corrected chi connectivity index (χ2v) is 6.57. The summed E-state index contributed by atoms with van der Waals surface area (Å²) in [6.07, 6.45) is 2.30. The van der Waals surface area contributed by atoms with Crippen molar-refractivity contribution in [2.45, 2.75) is 46.3 Å². The fourth-order valence-corrected chi connectivity index (χ4v) is 3.43. The molecule has 0 N–H and O–H groups in total. The molecule has 1 aromatic heterocycles. The number of rotatable bonds is 2. The van der Waals surface area contributed by atoms with Crippen LogP contribution in [0, 0.1) is 0 Å². The number of hydrogen-bond acceptors (Lipinski definition) is 2. The number of nitrogens with zero attached hydrogens (tertiary/aromatic N) is 3. The van der Waals surface area contributed by atoms with Gasteiger partial charge in [-0.15, -0.1) is 0 Å². The first-order chi connectivity index (χ1) is 9.99. The summed E-state index contributed by atoms with van der Waals surface area (Å²) < 4.78 is 2.19. The minimum absolute atomic E-state index is 0.303. The average molecular weight is 304 g/mol. The number of aromatic nitrogens is 2. The van der Waals surface area contributed by atoms with Crippen molar-refractivity contribution in [2.24, 2.45) is 0 Å². The summed E-state index contributed by atoms with van der Waals surface area (Å²) in [5.41, 5.74) is 4.86. The summed E-state index contributed by atoms with van der Waals surface area (Å²) in [6.45, 7) is 10.7. The highest BCUT2D eigenvalue weighted by molar-refractivity contribution is 6.29. The van der Waals surface area contributed by atoms with Gasteiger partial charge in [-0.05, 0) is 50.9 Å². The van der Waals surface area contributed by atoms with E-state index in [9.17, 15) is 0 Å². The summed E-state index contributed by atoms with van der Waals surface area (Å²) >= 11 is 6.40. The minimum atomic E-state index is 0.303. The van der Waals surface area contributed by atoms with Crippen LogP contribution in [-0.4, -0.2) is 27.0 Å². The highest BCUT2D eigenvalue weighted by Gasteiger charge is 2.29. The van der Waals surface area contributed by atoms with Gasteiger partial charge in [0.15, 0.2) is 0 Å². The molecular weight excluding hydrogens is 282 g/mol. The van der Waals surface area contributed by atoms with Crippen molar-refractivity contribution in [3.63, 3.8) is 0 Å². The number of imidazole rings is 1. The molecule has 0 bridgehead atoms. The fourth-order valence-electron chi connectivity index (χ4n) is 3.11. The molecule has 2 aromatic rings. The van der Waals surface area contributed by atoms with Crippen LogP contribution in [-0.2, 0) is 6.54 Å². The predicted molar refractivity (Wildman–Crippen MR) is 88.8 cm³/mol. The van der Waals surface area contributed by atoms with E-state index >= 15 is 0 Å². The van der Waals surface area contributed by atoms with Crippen molar-refractivity contribution in [3.05, 3.63) is 40.7 Å². The quantitative estimate of drug-likeness (QED) is 0.766. The van der Waals surface area contributed by atoms with E-state index in [1.807, 2.05) is 6.07 Å². The second-order valence-electron chi connectivity index (χ2n) is 6.23. The lowest BCUT2D eigenvalue weighted by Gasteiger charge is -2.30. The summed E-state index contributed by atoms with van der Waals surface area (Å²) in [6, 6.07) is 7.02. The third-order valence-corrected chi connectivity index (χ3v) is 4.81. The van der Waals surface area contributed by atoms with Crippen LogP contribution >= 0.6 is 11.6 Å². The van der Waals surface area contributed by atoms with Gasteiger partial charge in [0.05, 0.1) is 11.0 Å². The maximum atomic E-state index is 6.40. The fraction of sp³-hybridized carbons (Fsp3) is 0.471. The smallest absolute Gasteiger partial charge is 0.204 e. The van der Waals surface area contributed by atoms with Gasteiger partial charge in [0.2, 0.25) is 5.28 Å². The molecule has 3 nitrogen and oxygen atoms in total. The van der Waals surface area contributed by atoms with Crippen molar-refractivity contribution in [1.82, 2.24) is 14.5 Å². The van der Waals surface area contributed by atoms with Gasteiger partial charge in [-0.1, -0.05) is 23.8 Å². The van der Waals surface area contributed by atoms with Gasteiger partial charge in [0.25, 0.3) is 0 Å². The first-order valence-electron chi connectivity index (χ1n) is 7.51. The van der Waals surface area contributed by atoms with Crippen LogP contribution in [0.3, 0.4) is 0 Å². The van der Waals surface area contributed by atoms with Crippen LogP contribution in [0.5, 0.6) is 0 Å². The Morgan fingerprint density at radius 1 is 1.33 bits per heavy atom. The van der Waals surface area contributed by atoms with E-state index in [0.29, 0.717) is 17.4 Å². The van der Waals surface area contributed by atoms with Crippen molar-refractivity contribution >= 4 is 22.6 Å². The van der Waals surface area contributed by atoms with Crippen molar-refractivity contribution in [2.75, 3.05) is 6.54 Å². The Morgan fingerprint density at radius 3 is 2.81 bits per heavy atom. The summed E-state index contributed by atoms with van der Waals surface area (Å²) in [7, 11) is 0. The minimum Gasteiger partial charge on any atom is -0.310 e. The van der Waals surface area contributed by atoms with Gasteiger partial charge in [0, 0.05) is 25.2 Å². The molecule has 2 atom stereocenters. The topological polar surface area (TPSA) is 21.1 Å². The van der Waals surface area contributed by atoms with E-state index in [4.69, 9.17) is 11.6 Å². The number of allylic oxidation sites excluding steroid dienone is 1. The van der Waals surface area contributed by atoms with Gasteiger partial charge in [-0.2, -0.15) is 0 Å². The number of para-hydroxylation sites is 1. The molecule has 112 valence electrons. The van der Waals surface area contributed by atoms with Crippen molar-refractivity contribution < 1.29 is 0 Å². The van der Waals surface area contributed by atoms with Crippen LogP contribution in [0.15, 0.2) is 29.8 Å². The maximum Gasteiger partial charge on any atom is 0.204 e. The Morgan fingerprint density at radius 2 is 2.10 bits per heavy atom. The van der Waals surface area contributed by atoms with Crippen LogP contribution < -0.4 is 0 Å². The average Bonchev–Trinajstić information content (AvgIpc) is 2.72. The lowest BCUT2D eigenvalue weighted by atomic mass is 10.1. The maximum absolute atomic E-state index is 6.40. The largest absolute Gasteiger partial charge is 0.310 e. The molecule has 1 aliphatic heterocycles. The Labute approximate surface area is 131 Å². The second kappa shape index (κ2) is 5.47. The summed E-state index contributed by atoms with van der Waals surface area (Å²) in [5, 5.41) is 0.598. The van der Waals surface area contributed by atoms with Gasteiger partial charge in [-0.3, -0.25) is 4.90 Å². The van der Waals surface area contributed by atoms with Crippen molar-refractivity contribution in [1.29, 1.82) is 0 Å². The normalized spacial score (nSPS) is 22.3. The highest BCUT2D eigenvalue weighted by atomic mass is 35.5. The Hall–Kier alpha value is -1.32. The molecule has 0 unspecified atom stereocenters. The molecule has 4 heteroatoms. The molecule has 1 aromatic carbocycles. The van der Waals surface area contributed by atoms with E-state index in [-0.39, 0.29) is 0 Å². The molecule has 0 saturated heterocycles. The Kier molecular flexibility index (Phi) is 3.80. The molecular formula is C17H22ClN3. The van der Waals surface area contributed by atoms with Crippen LogP contribution in [0.1, 0.15) is 39.3 Å². The lowest BCUT2D eigenvalue weighted by molar-refractivity contribution is 0.182. The molecule has 1 aliphatic rings. The first-order valence-corrected chi connectivity index (χ1v) is 7.89. The Bertz CT molecular complexity index is 697. The number of benzene rings is 1. The van der Waals surface area contributed by atoms with Gasteiger partial charge in [0.1, 0.15) is 0 Å². The van der Waals surface area contributed by atoms with Gasteiger partial charge in [-0.25, -0.2) is 4.98 Å². The first kappa shape index (κ1) is 14.6. The predicted octanol–water partition coefficient (Wildman–Crippen LogP) is 4.42. The molecule has 0 aliphatic carbocycles. The third kappa shape index (κ3) is 2.49. The van der Waals surface area contributed by atoms with Gasteiger partial charge < -0.3 is 4.57 Å². The molecule has 2 heterocycles. The van der Waals surface area contributed by atoms with E-state index in [1.54, 1.807) is 0 Å². The molecule has 0 spiro atoms. The summed E-state index contributed by atoms with van der Waals surface area (Å²) in [4.78, 5) is 7.02. The molecule has 0 amide bonds. The van der Waals surface area contributed by atoms with E-state index in [2.05, 4.69) is 60.4 Å². The highest BCUT2D eigenvalue weighted by Crippen LogP contribution is 2.34. The zero-order chi connectivity index (χ0) is 15.1. The van der Waals surface area contributed by atoms with Gasteiger partial charge >= 0.3 is 0 Å². The third-order valence-electron chi connectivity index (χ3n) is 4.54. The standard InChI is InChI=1S/C17H22ClN3/c1-11(2)8-9-20-10-14-6-5-7-15-16(14)21(17(18)19-15)13(4)12(20)3/h5-8,12-13H,9-10H2,1-4H3/t12-,13+/m1/s1. The summed E-state index contributed by atoms with van der Waals surface area (Å²) in [5.74, 6) is 0. The molecule has 21 heavy (non-hydrogen) atoms.